The lowest BCUT2D eigenvalue weighted by Crippen LogP contribution is -2.61. The Morgan fingerprint density at radius 2 is 1.15 bits per heavy atom. The summed E-state index contributed by atoms with van der Waals surface area (Å²) >= 11 is 0. The van der Waals surface area contributed by atoms with Gasteiger partial charge in [0.1, 0.15) is 5.58 Å². The first-order valence-electron chi connectivity index (χ1n) is 27.3. The van der Waals surface area contributed by atoms with E-state index in [4.69, 9.17) is 4.42 Å². The molecule has 4 nitrogen and oxygen atoms in total. The van der Waals surface area contributed by atoms with Gasteiger partial charge in [-0.25, -0.2) is 0 Å². The van der Waals surface area contributed by atoms with E-state index in [2.05, 4.69) is 208 Å². The molecule has 14 rings (SSSR count). The fourth-order valence-electron chi connectivity index (χ4n) is 15.7. The van der Waals surface area contributed by atoms with E-state index in [0.29, 0.717) is 0 Å². The van der Waals surface area contributed by atoms with Crippen molar-refractivity contribution in [3.05, 3.63) is 137 Å². The number of hydrogen-bond donors (Lipinski definition) is 0. The number of para-hydroxylation sites is 2. The lowest BCUT2D eigenvalue weighted by molar-refractivity contribution is 0.195. The van der Waals surface area contributed by atoms with Crippen LogP contribution in [0, 0.1) is 0 Å². The van der Waals surface area contributed by atoms with Gasteiger partial charge >= 0.3 is 0 Å². The molecule has 5 heteroatoms. The minimum atomic E-state index is -0.134. The van der Waals surface area contributed by atoms with Gasteiger partial charge in [-0.15, -0.1) is 0 Å². The van der Waals surface area contributed by atoms with E-state index in [1.807, 2.05) is 0 Å². The zero-order chi connectivity index (χ0) is 49.3. The van der Waals surface area contributed by atoms with Crippen LogP contribution in [0.2, 0.25) is 0 Å². The van der Waals surface area contributed by atoms with Gasteiger partial charge in [0.05, 0.1) is 16.4 Å². The largest absolute Gasteiger partial charge is 0.439 e. The van der Waals surface area contributed by atoms with Crippen molar-refractivity contribution in [2.75, 3.05) is 9.80 Å². The maximum atomic E-state index is 7.17. The number of anilines is 5. The van der Waals surface area contributed by atoms with Crippen LogP contribution >= 0.6 is 0 Å². The van der Waals surface area contributed by atoms with Gasteiger partial charge in [0.25, 0.3) is 6.71 Å². The van der Waals surface area contributed by atoms with E-state index >= 15 is 0 Å². The first-order valence-corrected chi connectivity index (χ1v) is 27.3. The highest BCUT2D eigenvalue weighted by molar-refractivity contribution is 7.00. The van der Waals surface area contributed by atoms with Crippen molar-refractivity contribution in [2.24, 2.45) is 0 Å². The summed E-state index contributed by atoms with van der Waals surface area (Å²) in [6, 6.07) is 41.6. The molecule has 71 heavy (non-hydrogen) atoms. The summed E-state index contributed by atoms with van der Waals surface area (Å²) in [4.78, 5) is 5.58. The molecule has 6 aliphatic rings. The van der Waals surface area contributed by atoms with Crippen LogP contribution in [0.5, 0.6) is 0 Å². The zero-order valence-corrected chi connectivity index (χ0v) is 44.8. The zero-order valence-electron chi connectivity index (χ0n) is 44.8. The molecule has 0 radical (unpaired) electrons. The number of nitrogens with zero attached hydrogens (tertiary/aromatic N) is 3. The normalized spacial score (nSPS) is 23.9. The van der Waals surface area contributed by atoms with Crippen molar-refractivity contribution in [1.29, 1.82) is 0 Å². The third-order valence-corrected chi connectivity index (χ3v) is 20.4. The van der Waals surface area contributed by atoms with Gasteiger partial charge in [0.2, 0.25) is 5.71 Å². The van der Waals surface area contributed by atoms with Gasteiger partial charge in [0.15, 0.2) is 0 Å². The lowest BCUT2D eigenvalue weighted by atomic mass is 9.33. The van der Waals surface area contributed by atoms with Gasteiger partial charge in [-0.1, -0.05) is 157 Å². The summed E-state index contributed by atoms with van der Waals surface area (Å²) < 4.78 is 9.73. The number of fused-ring (bicyclic) bond motifs is 14. The maximum absolute atomic E-state index is 7.17. The Balaban J connectivity index is 1.15. The van der Waals surface area contributed by atoms with E-state index in [0.717, 1.165) is 17.7 Å². The van der Waals surface area contributed by atoms with Crippen LogP contribution in [0.15, 0.2) is 108 Å². The summed E-state index contributed by atoms with van der Waals surface area (Å²) in [5.41, 5.74) is 24.2. The number of hydrogen-bond acceptors (Lipinski definition) is 3. The molecule has 360 valence electrons. The van der Waals surface area contributed by atoms with Crippen LogP contribution in [-0.4, -0.2) is 16.8 Å². The SMILES string of the molecule is CC(C)(C)c1ccc2c(c1)C1(C)CCCCC1(C)N2c1cc2c3c(c1)-n1c4oc5ccccc5c4c4cccc(c41)B3c1cc3c(cc1N2c1ccc2c(c1)C(C)(C)CCC2(C)C)C(C)(C)CCC3(C)C. The van der Waals surface area contributed by atoms with Gasteiger partial charge in [0, 0.05) is 50.3 Å². The number of furan rings is 1. The first kappa shape index (κ1) is 44.1. The van der Waals surface area contributed by atoms with Crippen molar-refractivity contribution < 1.29 is 4.42 Å². The molecule has 0 bridgehead atoms. The highest BCUT2D eigenvalue weighted by Gasteiger charge is 2.58. The Morgan fingerprint density at radius 3 is 1.89 bits per heavy atom. The van der Waals surface area contributed by atoms with Gasteiger partial charge in [-0.2, -0.15) is 0 Å². The van der Waals surface area contributed by atoms with Crippen molar-refractivity contribution in [3.8, 4) is 5.69 Å². The number of aromatic nitrogens is 1. The molecule has 2 unspecified atom stereocenters. The third kappa shape index (κ3) is 5.60. The van der Waals surface area contributed by atoms with E-state index in [1.165, 1.54) is 151 Å². The van der Waals surface area contributed by atoms with Crippen LogP contribution in [-0.2, 0) is 32.5 Å². The maximum Gasteiger partial charge on any atom is 0.252 e. The Kier molecular flexibility index (Phi) is 8.49. The first-order chi connectivity index (χ1) is 33.5. The standard InChI is InChI=1S/C66H72BN3O/c1-60(2,3)39-23-26-51-48(33-39)65(12)27-16-17-28-66(65,13)70(51)41-35-53-57-54(36-41)69-58-43(56-42-19-14-15-22-55(42)71-59(56)69)20-18-21-49(58)67(57)50-37-46-47(64(10,11)32-31-63(46,8)9)38-52(50)68(53)40-24-25-44-45(34-40)62(6,7)30-29-61(44,4)5/h14-15,18-26,33-38H,16-17,27-32H2,1-13H3. The molecular formula is C66H72BN3O. The fraction of sp³-hybridized carbons (Fsp3) is 0.424. The molecule has 8 aromatic rings. The molecule has 6 aromatic carbocycles. The van der Waals surface area contributed by atoms with Crippen molar-refractivity contribution >= 4 is 84.5 Å². The van der Waals surface area contributed by atoms with E-state index in [9.17, 15) is 0 Å². The van der Waals surface area contributed by atoms with Crippen molar-refractivity contribution in [3.63, 3.8) is 0 Å². The molecule has 0 saturated heterocycles. The highest BCUT2D eigenvalue weighted by Crippen LogP contribution is 2.62. The summed E-state index contributed by atoms with van der Waals surface area (Å²) in [6.07, 6.45) is 9.52. The highest BCUT2D eigenvalue weighted by atomic mass is 16.3. The van der Waals surface area contributed by atoms with Gasteiger partial charge in [-0.3, -0.25) is 4.57 Å². The smallest absolute Gasteiger partial charge is 0.252 e. The van der Waals surface area contributed by atoms with E-state index < -0.39 is 0 Å². The molecule has 3 aliphatic carbocycles. The van der Waals surface area contributed by atoms with Crippen LogP contribution in [0.4, 0.5) is 28.4 Å². The monoisotopic (exact) mass is 934 g/mol. The summed E-state index contributed by atoms with van der Waals surface area (Å²) in [5, 5.41) is 3.67. The fourth-order valence-corrected chi connectivity index (χ4v) is 15.7. The molecule has 1 saturated carbocycles. The molecule has 0 amide bonds. The summed E-state index contributed by atoms with van der Waals surface area (Å²) in [6.45, 7) is 32.2. The number of benzene rings is 6. The van der Waals surface area contributed by atoms with Crippen molar-refractivity contribution in [1.82, 2.24) is 4.57 Å². The second-order valence-corrected chi connectivity index (χ2v) is 27.4. The van der Waals surface area contributed by atoms with Gasteiger partial charge < -0.3 is 14.2 Å². The average molecular weight is 934 g/mol. The average Bonchev–Trinajstić information content (AvgIpc) is 3.93. The Morgan fingerprint density at radius 1 is 0.507 bits per heavy atom. The second-order valence-electron chi connectivity index (χ2n) is 27.4. The molecule has 2 atom stereocenters. The summed E-state index contributed by atoms with van der Waals surface area (Å²) in [5.74, 6) is 0. The van der Waals surface area contributed by atoms with Crippen molar-refractivity contribution in [2.45, 2.75) is 179 Å². The predicted molar refractivity (Wildman–Crippen MR) is 302 cm³/mol. The molecule has 3 aliphatic heterocycles. The van der Waals surface area contributed by atoms with Crippen LogP contribution in [0.1, 0.15) is 175 Å². The van der Waals surface area contributed by atoms with E-state index in [-0.39, 0.29) is 44.7 Å². The molecule has 0 spiro atoms. The topological polar surface area (TPSA) is 24.6 Å². The summed E-state index contributed by atoms with van der Waals surface area (Å²) in [7, 11) is 0. The lowest BCUT2D eigenvalue weighted by Gasteiger charge is -2.51. The Hall–Kier alpha value is -5.68. The molecule has 0 N–H and O–H groups in total. The second kappa shape index (κ2) is 13.7. The van der Waals surface area contributed by atoms with Crippen LogP contribution < -0.4 is 26.2 Å². The molecule has 5 heterocycles. The molecular weight excluding hydrogens is 862 g/mol. The quantitative estimate of drug-likeness (QED) is 0.161. The third-order valence-electron chi connectivity index (χ3n) is 20.4. The minimum absolute atomic E-state index is 0.0164. The minimum Gasteiger partial charge on any atom is -0.439 e. The Bertz CT molecular complexity index is 3660. The number of rotatable bonds is 2. The Labute approximate surface area is 422 Å². The molecule has 1 fully saturated rings. The predicted octanol–water partition coefficient (Wildman–Crippen LogP) is 15.9. The van der Waals surface area contributed by atoms with Crippen LogP contribution in [0.3, 0.4) is 0 Å². The van der Waals surface area contributed by atoms with Gasteiger partial charge in [-0.05, 0) is 165 Å². The van der Waals surface area contributed by atoms with E-state index in [1.54, 1.807) is 0 Å². The molecule has 2 aromatic heterocycles. The van der Waals surface area contributed by atoms with Crippen LogP contribution in [0.25, 0.3) is 38.7 Å².